The molecule has 15 nitrogen and oxygen atoms in total. The number of carboxylic acid groups (broad SMARTS) is 1. The van der Waals surface area contributed by atoms with E-state index < -0.39 is 58.0 Å². The molecule has 0 bridgehead atoms. The van der Waals surface area contributed by atoms with E-state index in [0.29, 0.717) is 10.7 Å². The first-order valence-corrected chi connectivity index (χ1v) is 12.8. The number of rotatable bonds is 8. The number of nitrogens with one attached hydrogen (secondary N) is 4. The molecule has 6 amide bonds. The summed E-state index contributed by atoms with van der Waals surface area (Å²) in [5.41, 5.74) is 4.10. The number of carboxylic acids is 1. The van der Waals surface area contributed by atoms with Gasteiger partial charge in [-0.3, -0.25) is 19.7 Å². The summed E-state index contributed by atoms with van der Waals surface area (Å²) in [6.45, 7) is 1.67. The zero-order valence-electron chi connectivity index (χ0n) is 19.3. The molecule has 2 aliphatic heterocycles. The van der Waals surface area contributed by atoms with Crippen molar-refractivity contribution in [1.82, 2.24) is 41.5 Å². The minimum Gasteiger partial charge on any atom is -0.481 e. The molecule has 3 heterocycles. The normalized spacial score (nSPS) is 24.1. The summed E-state index contributed by atoms with van der Waals surface area (Å²) in [7, 11) is 0. The molecule has 196 valence electrons. The number of benzene rings is 1. The van der Waals surface area contributed by atoms with Crippen LogP contribution in [0.2, 0.25) is 0 Å². The molecule has 7 N–H and O–H groups in total. The number of nitrogens with two attached hydrogens (primary N) is 1. The van der Waals surface area contributed by atoms with Gasteiger partial charge in [-0.15, -0.1) is 22.0 Å². The zero-order valence-corrected chi connectivity index (χ0v) is 20.9. The van der Waals surface area contributed by atoms with E-state index in [1.54, 1.807) is 37.3 Å². The number of β-lactam (4-membered cyclic amide) rings is 1. The number of aromatic nitrogens is 4. The average Bonchev–Trinajstić information content (AvgIpc) is 3.38. The Morgan fingerprint density at radius 3 is 2.65 bits per heavy atom. The van der Waals surface area contributed by atoms with Gasteiger partial charge in [0.15, 0.2) is 0 Å². The quantitative estimate of drug-likeness (QED) is 0.178. The summed E-state index contributed by atoms with van der Waals surface area (Å²) < 4.78 is 0. The third-order valence-corrected chi connectivity index (χ3v) is 8.86. The van der Waals surface area contributed by atoms with Crippen LogP contribution >= 0.6 is 23.5 Å². The zero-order chi connectivity index (χ0) is 26.7. The minimum atomic E-state index is -1.28. The molecule has 0 aliphatic carbocycles. The van der Waals surface area contributed by atoms with Crippen molar-refractivity contribution in [1.29, 1.82) is 0 Å². The fraction of sp³-hybridized carbons (Fsp3) is 0.400. The number of carbonyl (C=O) groups is 5. The molecule has 0 spiro atoms. The molecular formula is C20H23N9O6S2. The van der Waals surface area contributed by atoms with Gasteiger partial charge >= 0.3 is 18.0 Å². The van der Waals surface area contributed by atoms with Crippen molar-refractivity contribution in [2.75, 3.05) is 12.3 Å². The van der Waals surface area contributed by atoms with Gasteiger partial charge in [0, 0.05) is 17.5 Å². The Hall–Kier alpha value is -3.86. The van der Waals surface area contributed by atoms with E-state index in [9.17, 15) is 29.1 Å². The van der Waals surface area contributed by atoms with E-state index in [1.165, 1.54) is 16.7 Å². The fourth-order valence-electron chi connectivity index (χ4n) is 4.08. The van der Waals surface area contributed by atoms with Gasteiger partial charge in [-0.25, -0.2) is 9.59 Å². The summed E-state index contributed by atoms with van der Waals surface area (Å²) in [6.07, 6.45) is 0. The second-order valence-corrected chi connectivity index (χ2v) is 10.8. The number of hydrogen-bond donors (Lipinski definition) is 6. The van der Waals surface area contributed by atoms with E-state index >= 15 is 0 Å². The molecule has 4 unspecified atom stereocenters. The monoisotopic (exact) mass is 549 g/mol. The number of imide groups is 1. The lowest BCUT2D eigenvalue weighted by molar-refractivity contribution is -0.158. The van der Waals surface area contributed by atoms with Gasteiger partial charge in [0.25, 0.3) is 0 Å². The van der Waals surface area contributed by atoms with Crippen LogP contribution in [0, 0.1) is 5.41 Å². The fourth-order valence-corrected chi connectivity index (χ4v) is 6.83. The molecule has 4 rings (SSSR count). The number of hydrogen-bond acceptors (Lipinski definition) is 10. The predicted molar refractivity (Wildman–Crippen MR) is 130 cm³/mol. The van der Waals surface area contributed by atoms with Gasteiger partial charge in [-0.05, 0) is 10.8 Å². The van der Waals surface area contributed by atoms with E-state index in [-0.39, 0.29) is 12.3 Å². The summed E-state index contributed by atoms with van der Waals surface area (Å²) >= 11 is 2.38. The van der Waals surface area contributed by atoms with Crippen LogP contribution < -0.4 is 21.7 Å². The molecule has 1 aromatic carbocycles. The molecule has 37 heavy (non-hydrogen) atoms. The van der Waals surface area contributed by atoms with Gasteiger partial charge in [-0.2, -0.15) is 5.21 Å². The van der Waals surface area contributed by atoms with Crippen molar-refractivity contribution in [3.8, 4) is 0 Å². The Kier molecular flexibility index (Phi) is 7.53. The Labute approximate surface area is 218 Å². The lowest BCUT2D eigenvalue weighted by Crippen LogP contribution is -2.75. The number of aliphatic carboxylic acids is 1. The van der Waals surface area contributed by atoms with Gasteiger partial charge < -0.3 is 26.4 Å². The molecular weight excluding hydrogens is 526 g/mol. The van der Waals surface area contributed by atoms with Crippen LogP contribution in [0.1, 0.15) is 18.5 Å². The third-order valence-electron chi connectivity index (χ3n) is 6.12. The van der Waals surface area contributed by atoms with Crippen molar-refractivity contribution in [2.45, 2.75) is 34.8 Å². The number of tetrazole rings is 1. The molecule has 2 aliphatic rings. The van der Waals surface area contributed by atoms with Crippen LogP contribution in [0.4, 0.5) is 9.59 Å². The number of aromatic amines is 1. The van der Waals surface area contributed by atoms with Gasteiger partial charge in [0.2, 0.25) is 17.0 Å². The van der Waals surface area contributed by atoms with E-state index in [4.69, 9.17) is 5.73 Å². The first-order valence-electron chi connectivity index (χ1n) is 10.9. The number of thioether (sulfide) groups is 2. The molecule has 2 saturated heterocycles. The lowest BCUT2D eigenvalue weighted by Gasteiger charge is -2.55. The van der Waals surface area contributed by atoms with Crippen molar-refractivity contribution < 1.29 is 29.1 Å². The summed E-state index contributed by atoms with van der Waals surface area (Å²) in [6, 6.07) is 4.03. The number of primary amides is 1. The van der Waals surface area contributed by atoms with E-state index in [1.807, 2.05) is 5.32 Å². The highest BCUT2D eigenvalue weighted by molar-refractivity contribution is 8.01. The Morgan fingerprint density at radius 1 is 1.30 bits per heavy atom. The molecule has 5 atom stereocenters. The SMILES string of the molecule is CC(Sc1nn[nH]n1)C1(C(=O)O)CS[C@@H]2C(NC(=O)C(NC(=O)NC(N)=O)c3ccccc3)C(=O)N2C1. The predicted octanol–water partition coefficient (Wildman–Crippen LogP) is -0.730. The first kappa shape index (κ1) is 26.2. The third kappa shape index (κ3) is 5.31. The number of H-pyrrole nitrogens is 1. The number of carbonyl (C=O) groups excluding carboxylic acids is 4. The van der Waals surface area contributed by atoms with Gasteiger partial charge in [0.1, 0.15) is 22.9 Å². The molecule has 2 fully saturated rings. The molecule has 17 heteroatoms. The maximum absolute atomic E-state index is 13.1. The molecule has 1 aromatic heterocycles. The highest BCUT2D eigenvalue weighted by Crippen LogP contribution is 2.47. The van der Waals surface area contributed by atoms with Crippen LogP contribution in [0.25, 0.3) is 0 Å². The number of fused-ring (bicyclic) bond motifs is 1. The molecule has 0 saturated carbocycles. The molecule has 2 aromatic rings. The second-order valence-electron chi connectivity index (χ2n) is 8.38. The minimum absolute atomic E-state index is 0.0569. The maximum Gasteiger partial charge on any atom is 0.323 e. The van der Waals surface area contributed by atoms with Crippen LogP contribution in [0.15, 0.2) is 35.5 Å². The lowest BCUT2D eigenvalue weighted by atomic mass is 9.84. The topological polar surface area (TPSA) is 225 Å². The number of amides is 6. The van der Waals surface area contributed by atoms with E-state index in [0.717, 1.165) is 11.8 Å². The van der Waals surface area contributed by atoms with Crippen molar-refractivity contribution in [3.05, 3.63) is 35.9 Å². The standard InChI is InChI=1S/C20H23N9O6S2/c1-9(37-19-25-27-28-26-19)20(16(32)33)7-29-14(31)12(15(29)36-8-20)22-13(30)11(10-5-3-2-4-6-10)23-18(35)24-17(21)34/h2-6,9,11-12,15H,7-8H2,1H3,(H,22,30)(H,32,33)(H,25,26,27,28)(H4,21,23,24,34,35)/t9?,11?,12?,15-,20?/m1/s1. The van der Waals surface area contributed by atoms with Crippen LogP contribution in [-0.4, -0.2) is 89.4 Å². The summed E-state index contributed by atoms with van der Waals surface area (Å²) in [4.78, 5) is 63.0. The highest BCUT2D eigenvalue weighted by Gasteiger charge is 2.59. The Bertz CT molecular complexity index is 1200. The smallest absolute Gasteiger partial charge is 0.323 e. The molecule has 0 radical (unpaired) electrons. The van der Waals surface area contributed by atoms with Crippen molar-refractivity contribution in [3.63, 3.8) is 0 Å². The summed E-state index contributed by atoms with van der Waals surface area (Å²) in [5, 5.41) is 29.8. The van der Waals surface area contributed by atoms with Crippen LogP contribution in [0.3, 0.4) is 0 Å². The van der Waals surface area contributed by atoms with Gasteiger partial charge in [0.05, 0.1) is 0 Å². The van der Waals surface area contributed by atoms with Crippen molar-refractivity contribution in [2.24, 2.45) is 11.1 Å². The largest absolute Gasteiger partial charge is 0.481 e. The first-order chi connectivity index (χ1) is 17.6. The Balaban J connectivity index is 1.45. The second kappa shape index (κ2) is 10.6. The highest BCUT2D eigenvalue weighted by atomic mass is 32.2. The van der Waals surface area contributed by atoms with Crippen LogP contribution in [-0.2, 0) is 14.4 Å². The number of urea groups is 2. The average molecular weight is 550 g/mol. The van der Waals surface area contributed by atoms with E-state index in [2.05, 4.69) is 31.3 Å². The van der Waals surface area contributed by atoms with Crippen molar-refractivity contribution >= 4 is 53.4 Å². The Morgan fingerprint density at radius 2 is 2.03 bits per heavy atom. The maximum atomic E-state index is 13.1. The summed E-state index contributed by atoms with van der Waals surface area (Å²) in [5.74, 6) is -2.01. The number of nitrogens with zero attached hydrogens (tertiary/aromatic N) is 4. The van der Waals surface area contributed by atoms with Crippen LogP contribution in [0.5, 0.6) is 0 Å². The van der Waals surface area contributed by atoms with Gasteiger partial charge in [-0.1, -0.05) is 49.0 Å².